The van der Waals surface area contributed by atoms with Gasteiger partial charge in [-0.25, -0.2) is 0 Å². The van der Waals surface area contributed by atoms with Gasteiger partial charge in [0.05, 0.1) is 10.2 Å². The molecule has 1 aromatic heterocycles. The topological polar surface area (TPSA) is 34.4 Å². The zero-order valence-electron chi connectivity index (χ0n) is 14.2. The summed E-state index contributed by atoms with van der Waals surface area (Å²) in [6, 6.07) is 11.9. The molecule has 1 heterocycles. The SMILES string of the molecule is C=CCn1c(=NC(=O)c2ccc(C)c(C)c2)sc2cccc(C)c21. The Labute approximate surface area is 145 Å². The summed E-state index contributed by atoms with van der Waals surface area (Å²) in [5.41, 5.74) is 5.19. The summed E-state index contributed by atoms with van der Waals surface area (Å²) in [6.07, 6.45) is 1.83. The number of para-hydroxylation sites is 1. The molecule has 4 heteroatoms. The third kappa shape index (κ3) is 2.97. The number of nitrogens with zero attached hydrogens (tertiary/aromatic N) is 2. The van der Waals surface area contributed by atoms with Gasteiger partial charge in [-0.2, -0.15) is 4.99 Å². The predicted molar refractivity (Wildman–Crippen MR) is 101 cm³/mol. The molecule has 3 aromatic rings. The first-order valence-corrected chi connectivity index (χ1v) is 8.69. The molecule has 0 aliphatic heterocycles. The molecule has 0 radical (unpaired) electrons. The highest BCUT2D eigenvalue weighted by Crippen LogP contribution is 2.21. The summed E-state index contributed by atoms with van der Waals surface area (Å²) in [5, 5.41) is 0. The number of carbonyl (C=O) groups is 1. The average molecular weight is 336 g/mol. The molecular weight excluding hydrogens is 316 g/mol. The maximum atomic E-state index is 12.6. The van der Waals surface area contributed by atoms with Gasteiger partial charge in [-0.1, -0.05) is 35.6 Å². The van der Waals surface area contributed by atoms with E-state index >= 15 is 0 Å². The van der Waals surface area contributed by atoms with Gasteiger partial charge in [-0.15, -0.1) is 6.58 Å². The third-order valence-electron chi connectivity index (χ3n) is 4.17. The first kappa shape index (κ1) is 16.4. The van der Waals surface area contributed by atoms with Gasteiger partial charge in [0.15, 0.2) is 4.80 Å². The van der Waals surface area contributed by atoms with E-state index in [-0.39, 0.29) is 5.91 Å². The Kier molecular flexibility index (Phi) is 4.49. The van der Waals surface area contributed by atoms with Crippen LogP contribution in [0.5, 0.6) is 0 Å². The second-order valence-corrected chi connectivity index (χ2v) is 6.93. The Morgan fingerprint density at radius 2 is 1.96 bits per heavy atom. The molecule has 0 atom stereocenters. The number of allylic oxidation sites excluding steroid dienone is 1. The summed E-state index contributed by atoms with van der Waals surface area (Å²) < 4.78 is 3.19. The van der Waals surface area contributed by atoms with Crippen molar-refractivity contribution in [2.75, 3.05) is 0 Å². The van der Waals surface area contributed by atoms with Gasteiger partial charge < -0.3 is 4.57 Å². The third-order valence-corrected chi connectivity index (χ3v) is 5.21. The van der Waals surface area contributed by atoms with Crippen molar-refractivity contribution in [2.24, 2.45) is 4.99 Å². The fraction of sp³-hybridized carbons (Fsp3) is 0.200. The van der Waals surface area contributed by atoms with Crippen molar-refractivity contribution in [1.82, 2.24) is 4.57 Å². The highest BCUT2D eigenvalue weighted by Gasteiger charge is 2.10. The molecule has 24 heavy (non-hydrogen) atoms. The number of aromatic nitrogens is 1. The Morgan fingerprint density at radius 1 is 1.17 bits per heavy atom. The molecule has 122 valence electrons. The summed E-state index contributed by atoms with van der Waals surface area (Å²) in [5.74, 6) is -0.208. The maximum Gasteiger partial charge on any atom is 0.279 e. The van der Waals surface area contributed by atoms with Gasteiger partial charge in [0, 0.05) is 12.1 Å². The van der Waals surface area contributed by atoms with Gasteiger partial charge >= 0.3 is 0 Å². The van der Waals surface area contributed by atoms with Crippen molar-refractivity contribution >= 4 is 27.5 Å². The van der Waals surface area contributed by atoms with Crippen LogP contribution in [0, 0.1) is 20.8 Å². The summed E-state index contributed by atoms with van der Waals surface area (Å²) >= 11 is 1.54. The van der Waals surface area contributed by atoms with Crippen LogP contribution >= 0.6 is 11.3 Å². The first-order valence-electron chi connectivity index (χ1n) is 7.87. The van der Waals surface area contributed by atoms with Gasteiger partial charge in [0.2, 0.25) is 0 Å². The van der Waals surface area contributed by atoms with Crippen molar-refractivity contribution in [1.29, 1.82) is 0 Å². The van der Waals surface area contributed by atoms with Crippen LogP contribution in [0.2, 0.25) is 0 Å². The molecule has 0 saturated heterocycles. The number of aryl methyl sites for hydroxylation is 3. The molecule has 1 amide bonds. The van der Waals surface area contributed by atoms with Crippen LogP contribution < -0.4 is 4.80 Å². The molecule has 0 spiro atoms. The zero-order valence-corrected chi connectivity index (χ0v) is 15.0. The minimum Gasteiger partial charge on any atom is -0.312 e. The molecule has 0 unspecified atom stereocenters. The van der Waals surface area contributed by atoms with E-state index in [1.54, 1.807) is 0 Å². The lowest BCUT2D eigenvalue weighted by Crippen LogP contribution is -2.16. The number of thiazole rings is 1. The molecule has 0 N–H and O–H groups in total. The van der Waals surface area contributed by atoms with E-state index < -0.39 is 0 Å². The van der Waals surface area contributed by atoms with Crippen molar-refractivity contribution in [3.63, 3.8) is 0 Å². The maximum absolute atomic E-state index is 12.6. The smallest absolute Gasteiger partial charge is 0.279 e. The molecule has 3 nitrogen and oxygen atoms in total. The second kappa shape index (κ2) is 6.57. The molecular formula is C20H20N2OS. The number of carbonyl (C=O) groups excluding carboxylic acids is 1. The normalized spacial score (nSPS) is 11.9. The van der Waals surface area contributed by atoms with Gasteiger partial charge in [0.1, 0.15) is 0 Å². The van der Waals surface area contributed by atoms with Gasteiger partial charge in [0.25, 0.3) is 5.91 Å². The number of amides is 1. The Morgan fingerprint density at radius 3 is 2.67 bits per heavy atom. The van der Waals surface area contributed by atoms with Crippen LogP contribution in [-0.2, 0) is 6.54 Å². The number of rotatable bonds is 3. The monoisotopic (exact) mass is 336 g/mol. The highest BCUT2D eigenvalue weighted by atomic mass is 32.1. The Bertz CT molecular complexity index is 1010. The lowest BCUT2D eigenvalue weighted by molar-refractivity contribution is 0.0998. The lowest BCUT2D eigenvalue weighted by atomic mass is 10.1. The average Bonchev–Trinajstić information content (AvgIpc) is 2.89. The molecule has 0 fully saturated rings. The largest absolute Gasteiger partial charge is 0.312 e. The number of benzene rings is 2. The van der Waals surface area contributed by atoms with E-state index in [1.165, 1.54) is 22.5 Å². The van der Waals surface area contributed by atoms with Crippen molar-refractivity contribution in [2.45, 2.75) is 27.3 Å². The number of hydrogen-bond donors (Lipinski definition) is 0. The Hall–Kier alpha value is -2.46. The van der Waals surface area contributed by atoms with E-state index in [1.807, 2.05) is 44.2 Å². The minimum absolute atomic E-state index is 0.208. The van der Waals surface area contributed by atoms with Crippen LogP contribution in [0.15, 0.2) is 54.0 Å². The van der Waals surface area contributed by atoms with Crippen LogP contribution in [0.25, 0.3) is 10.2 Å². The van der Waals surface area contributed by atoms with Gasteiger partial charge in [-0.05, 0) is 55.7 Å². The van der Waals surface area contributed by atoms with Crippen LogP contribution in [0.4, 0.5) is 0 Å². The first-order chi connectivity index (χ1) is 11.5. The molecule has 0 saturated carbocycles. The van der Waals surface area contributed by atoms with Crippen molar-refractivity contribution < 1.29 is 4.79 Å². The summed E-state index contributed by atoms with van der Waals surface area (Å²) in [6.45, 7) is 10.6. The summed E-state index contributed by atoms with van der Waals surface area (Å²) in [7, 11) is 0. The second-order valence-electron chi connectivity index (χ2n) is 5.92. The van der Waals surface area contributed by atoms with Crippen molar-refractivity contribution in [3.05, 3.63) is 76.1 Å². The van der Waals surface area contributed by atoms with Gasteiger partial charge in [-0.3, -0.25) is 4.79 Å². The lowest BCUT2D eigenvalue weighted by Gasteiger charge is -2.04. The highest BCUT2D eigenvalue weighted by molar-refractivity contribution is 7.16. The molecule has 0 bridgehead atoms. The van der Waals surface area contributed by atoms with E-state index in [0.717, 1.165) is 15.8 Å². The summed E-state index contributed by atoms with van der Waals surface area (Å²) in [4.78, 5) is 17.7. The fourth-order valence-electron chi connectivity index (χ4n) is 2.72. The van der Waals surface area contributed by atoms with E-state index in [0.29, 0.717) is 16.9 Å². The minimum atomic E-state index is -0.208. The zero-order chi connectivity index (χ0) is 17.3. The number of hydrogen-bond acceptors (Lipinski definition) is 2. The van der Waals surface area contributed by atoms with Crippen LogP contribution in [0.3, 0.4) is 0 Å². The molecule has 3 rings (SSSR count). The van der Waals surface area contributed by atoms with E-state index in [4.69, 9.17) is 0 Å². The Balaban J connectivity index is 2.17. The van der Waals surface area contributed by atoms with Crippen LogP contribution in [0.1, 0.15) is 27.0 Å². The molecule has 0 aliphatic carbocycles. The van der Waals surface area contributed by atoms with E-state index in [2.05, 4.69) is 35.2 Å². The fourth-order valence-corrected chi connectivity index (χ4v) is 3.83. The molecule has 2 aromatic carbocycles. The quantitative estimate of drug-likeness (QED) is 0.646. The van der Waals surface area contributed by atoms with Crippen molar-refractivity contribution in [3.8, 4) is 0 Å². The molecule has 0 aliphatic rings. The van der Waals surface area contributed by atoms with Crippen LogP contribution in [-0.4, -0.2) is 10.5 Å². The standard InChI is InChI=1S/C20H20N2OS/c1-5-11-22-18-14(3)7-6-8-17(18)24-20(22)21-19(23)16-10-9-13(2)15(4)12-16/h5-10,12H,1,11H2,2-4H3. The van der Waals surface area contributed by atoms with E-state index in [9.17, 15) is 4.79 Å². The number of fused-ring (bicyclic) bond motifs is 1. The predicted octanol–water partition coefficient (Wildman–Crippen LogP) is 4.56.